The average molecular weight is 270 g/mol. The molecule has 0 aliphatic carbocycles. The predicted octanol–water partition coefficient (Wildman–Crippen LogP) is -0.122. The van der Waals surface area contributed by atoms with Crippen LogP contribution in [0.5, 0.6) is 0 Å². The summed E-state index contributed by atoms with van der Waals surface area (Å²) in [5.41, 5.74) is 1.56. The van der Waals surface area contributed by atoms with E-state index in [1.54, 1.807) is 17.7 Å². The number of rotatable bonds is 6. The normalized spacial score (nSPS) is 11.7. The highest BCUT2D eigenvalue weighted by molar-refractivity contribution is 7.89. The molecular weight excluding hydrogens is 252 g/mol. The molecule has 1 aromatic rings. The molecule has 7 heteroatoms. The van der Waals surface area contributed by atoms with Crippen LogP contribution in [0.2, 0.25) is 0 Å². The zero-order valence-corrected chi connectivity index (χ0v) is 11.7. The first-order chi connectivity index (χ1) is 8.36. The van der Waals surface area contributed by atoms with E-state index in [2.05, 4.69) is 11.4 Å². The third-order valence-electron chi connectivity index (χ3n) is 2.60. The summed E-state index contributed by atoms with van der Waals surface area (Å²) < 4.78 is 25.9. The minimum absolute atomic E-state index is 0.0674. The molecule has 0 saturated heterocycles. The van der Waals surface area contributed by atoms with Crippen LogP contribution < -0.4 is 5.32 Å². The lowest BCUT2D eigenvalue weighted by molar-refractivity contribution is 0.517. The van der Waals surface area contributed by atoms with Gasteiger partial charge in [-0.3, -0.25) is 0 Å². The summed E-state index contributed by atoms with van der Waals surface area (Å²) in [5.74, 6) is 0.0674. The Balaban J connectivity index is 2.41. The van der Waals surface area contributed by atoms with E-state index in [-0.39, 0.29) is 5.75 Å². The average Bonchev–Trinajstić information content (AvgIpc) is 2.65. The highest BCUT2D eigenvalue weighted by atomic mass is 32.2. The standard InChI is InChI=1S/C11H18N4O2S/c1-14(2)18(16,17)5-4-13-8-10-6-11(7-12)15(3)9-10/h6,9,13H,4-5,8H2,1-3H3. The molecule has 0 amide bonds. The van der Waals surface area contributed by atoms with Gasteiger partial charge >= 0.3 is 0 Å². The summed E-state index contributed by atoms with van der Waals surface area (Å²) >= 11 is 0. The van der Waals surface area contributed by atoms with Crippen molar-refractivity contribution in [2.45, 2.75) is 6.54 Å². The van der Waals surface area contributed by atoms with Gasteiger partial charge in [-0.1, -0.05) is 0 Å². The molecule has 0 aromatic carbocycles. The molecule has 6 nitrogen and oxygen atoms in total. The van der Waals surface area contributed by atoms with Gasteiger partial charge in [-0.15, -0.1) is 0 Å². The highest BCUT2D eigenvalue weighted by Crippen LogP contribution is 2.05. The van der Waals surface area contributed by atoms with Crippen LogP contribution in [-0.2, 0) is 23.6 Å². The molecule has 1 heterocycles. The van der Waals surface area contributed by atoms with Crippen molar-refractivity contribution in [3.63, 3.8) is 0 Å². The SMILES string of the molecule is CN(C)S(=O)(=O)CCNCc1cc(C#N)n(C)c1. The van der Waals surface area contributed by atoms with E-state index in [0.29, 0.717) is 18.8 Å². The second-order valence-corrected chi connectivity index (χ2v) is 6.53. The molecular formula is C11H18N4O2S. The third-order valence-corrected chi connectivity index (χ3v) is 4.43. The molecule has 0 unspecified atom stereocenters. The topological polar surface area (TPSA) is 78.1 Å². The largest absolute Gasteiger partial charge is 0.342 e. The fraction of sp³-hybridized carbons (Fsp3) is 0.545. The van der Waals surface area contributed by atoms with Crippen molar-refractivity contribution in [2.24, 2.45) is 7.05 Å². The van der Waals surface area contributed by atoms with Crippen LogP contribution in [0.1, 0.15) is 11.3 Å². The Morgan fingerprint density at radius 2 is 2.17 bits per heavy atom. The first-order valence-electron chi connectivity index (χ1n) is 5.53. The highest BCUT2D eigenvalue weighted by Gasteiger charge is 2.12. The maximum absolute atomic E-state index is 11.5. The minimum atomic E-state index is -3.15. The molecule has 0 fully saturated rings. The van der Waals surface area contributed by atoms with Gasteiger partial charge in [0.2, 0.25) is 10.0 Å². The van der Waals surface area contributed by atoms with Gasteiger partial charge in [-0.05, 0) is 11.6 Å². The lowest BCUT2D eigenvalue weighted by Gasteiger charge is -2.11. The van der Waals surface area contributed by atoms with E-state index in [0.717, 1.165) is 5.56 Å². The summed E-state index contributed by atoms with van der Waals surface area (Å²) in [6.07, 6.45) is 1.85. The molecule has 0 radical (unpaired) electrons. The summed E-state index contributed by atoms with van der Waals surface area (Å²) in [7, 11) is 1.70. The molecule has 0 aliphatic heterocycles. The summed E-state index contributed by atoms with van der Waals surface area (Å²) in [6.45, 7) is 0.940. The van der Waals surface area contributed by atoms with Crippen molar-refractivity contribution in [3.8, 4) is 6.07 Å². The van der Waals surface area contributed by atoms with Gasteiger partial charge in [0.1, 0.15) is 11.8 Å². The number of sulfonamides is 1. The quantitative estimate of drug-likeness (QED) is 0.731. The number of nitrogens with one attached hydrogen (secondary N) is 1. The van der Waals surface area contributed by atoms with Gasteiger partial charge in [-0.2, -0.15) is 5.26 Å². The number of nitrogens with zero attached hydrogens (tertiary/aromatic N) is 3. The second kappa shape index (κ2) is 6.00. The van der Waals surface area contributed by atoms with E-state index in [1.165, 1.54) is 18.4 Å². The maximum atomic E-state index is 11.5. The van der Waals surface area contributed by atoms with Crippen molar-refractivity contribution in [1.82, 2.24) is 14.2 Å². The van der Waals surface area contributed by atoms with Gasteiger partial charge in [0.05, 0.1) is 5.75 Å². The van der Waals surface area contributed by atoms with Crippen LogP contribution in [0.15, 0.2) is 12.3 Å². The molecule has 0 spiro atoms. The van der Waals surface area contributed by atoms with E-state index >= 15 is 0 Å². The van der Waals surface area contributed by atoms with Gasteiger partial charge in [-0.25, -0.2) is 12.7 Å². The molecule has 1 N–H and O–H groups in total. The first-order valence-corrected chi connectivity index (χ1v) is 7.14. The Morgan fingerprint density at radius 1 is 1.50 bits per heavy atom. The summed E-state index contributed by atoms with van der Waals surface area (Å²) in [5, 5.41) is 11.8. The molecule has 0 bridgehead atoms. The van der Waals surface area contributed by atoms with Crippen LogP contribution in [-0.4, -0.2) is 43.7 Å². The fourth-order valence-electron chi connectivity index (χ4n) is 1.46. The van der Waals surface area contributed by atoms with Crippen molar-refractivity contribution < 1.29 is 8.42 Å². The second-order valence-electron chi connectivity index (χ2n) is 4.23. The number of nitriles is 1. The smallest absolute Gasteiger partial charge is 0.214 e. The molecule has 18 heavy (non-hydrogen) atoms. The monoisotopic (exact) mass is 270 g/mol. The summed E-state index contributed by atoms with van der Waals surface area (Å²) in [4.78, 5) is 0. The van der Waals surface area contributed by atoms with E-state index in [1.807, 2.05) is 6.20 Å². The van der Waals surface area contributed by atoms with E-state index < -0.39 is 10.0 Å². The zero-order chi connectivity index (χ0) is 13.8. The molecule has 0 saturated carbocycles. The number of aryl methyl sites for hydroxylation is 1. The van der Waals surface area contributed by atoms with Crippen LogP contribution >= 0.6 is 0 Å². The predicted molar refractivity (Wildman–Crippen MR) is 69.3 cm³/mol. The van der Waals surface area contributed by atoms with Gasteiger partial charge < -0.3 is 9.88 Å². The van der Waals surface area contributed by atoms with Crippen LogP contribution in [0.3, 0.4) is 0 Å². The Hall–Kier alpha value is -1.36. The number of hydrogen-bond acceptors (Lipinski definition) is 4. The third kappa shape index (κ3) is 3.84. The lowest BCUT2D eigenvalue weighted by atomic mass is 10.3. The van der Waals surface area contributed by atoms with E-state index in [4.69, 9.17) is 5.26 Å². The van der Waals surface area contributed by atoms with Gasteiger partial charge in [0, 0.05) is 40.4 Å². The number of aromatic nitrogens is 1. The zero-order valence-electron chi connectivity index (χ0n) is 10.8. The number of hydrogen-bond donors (Lipinski definition) is 1. The molecule has 0 aliphatic rings. The van der Waals surface area contributed by atoms with Gasteiger partial charge in [0.15, 0.2) is 0 Å². The van der Waals surface area contributed by atoms with Crippen LogP contribution in [0.25, 0.3) is 0 Å². The Kier molecular flexibility index (Phi) is 4.90. The molecule has 1 rings (SSSR count). The Morgan fingerprint density at radius 3 is 2.67 bits per heavy atom. The first kappa shape index (κ1) is 14.7. The van der Waals surface area contributed by atoms with Crippen molar-refractivity contribution in [1.29, 1.82) is 5.26 Å². The van der Waals surface area contributed by atoms with Crippen molar-refractivity contribution in [2.75, 3.05) is 26.4 Å². The molecule has 100 valence electrons. The summed E-state index contributed by atoms with van der Waals surface area (Å²) in [6, 6.07) is 3.86. The van der Waals surface area contributed by atoms with Crippen LogP contribution in [0, 0.1) is 11.3 Å². The minimum Gasteiger partial charge on any atom is -0.342 e. The van der Waals surface area contributed by atoms with Crippen molar-refractivity contribution in [3.05, 3.63) is 23.5 Å². The molecule has 0 atom stereocenters. The Labute approximate surface area is 108 Å². The lowest BCUT2D eigenvalue weighted by Crippen LogP contribution is -2.30. The maximum Gasteiger partial charge on any atom is 0.214 e. The van der Waals surface area contributed by atoms with E-state index in [9.17, 15) is 8.42 Å². The van der Waals surface area contributed by atoms with Crippen molar-refractivity contribution >= 4 is 10.0 Å². The molecule has 1 aromatic heterocycles. The van der Waals surface area contributed by atoms with Gasteiger partial charge in [0.25, 0.3) is 0 Å². The Bertz CT molecular complexity index is 540. The fourth-order valence-corrected chi connectivity index (χ4v) is 2.22. The van der Waals surface area contributed by atoms with Crippen LogP contribution in [0.4, 0.5) is 0 Å².